The number of hydrogen-bond acceptors (Lipinski definition) is 13. The Labute approximate surface area is 358 Å². The molecule has 1 aromatic heterocycles. The van der Waals surface area contributed by atoms with Gasteiger partial charge in [-0.2, -0.15) is 0 Å². The van der Waals surface area contributed by atoms with Crippen molar-refractivity contribution in [3.05, 3.63) is 18.2 Å². The van der Waals surface area contributed by atoms with E-state index in [-0.39, 0.29) is 56.6 Å². The van der Waals surface area contributed by atoms with E-state index in [0.717, 1.165) is 0 Å². The first-order valence-corrected chi connectivity index (χ1v) is 20.1. The van der Waals surface area contributed by atoms with Gasteiger partial charge < -0.3 is 74.9 Å². The van der Waals surface area contributed by atoms with Gasteiger partial charge in [-0.1, -0.05) is 27.7 Å². The zero-order chi connectivity index (χ0) is 46.7. The highest BCUT2D eigenvalue weighted by atomic mass is 16.4. The first-order valence-electron chi connectivity index (χ1n) is 20.1. The molecular formula is C37H62N14O11. The Morgan fingerprint density at radius 3 is 2.06 bits per heavy atom. The van der Waals surface area contributed by atoms with Crippen LogP contribution >= 0.6 is 0 Å². The van der Waals surface area contributed by atoms with Crippen LogP contribution in [0.5, 0.6) is 0 Å². The van der Waals surface area contributed by atoms with Crippen LogP contribution in [-0.4, -0.2) is 153 Å². The molecule has 0 saturated carbocycles. The number of primary amides is 1. The van der Waals surface area contributed by atoms with Gasteiger partial charge in [-0.25, -0.2) is 9.78 Å². The second kappa shape index (κ2) is 25.4. The van der Waals surface area contributed by atoms with E-state index in [4.69, 9.17) is 22.9 Å². The van der Waals surface area contributed by atoms with E-state index in [0.29, 0.717) is 18.5 Å². The molecule has 2 rings (SSSR count). The van der Waals surface area contributed by atoms with Crippen LogP contribution in [-0.2, 0) is 49.6 Å². The van der Waals surface area contributed by atoms with Gasteiger partial charge in [-0.3, -0.25) is 43.3 Å². The van der Waals surface area contributed by atoms with Gasteiger partial charge in [0.25, 0.3) is 0 Å². The summed E-state index contributed by atoms with van der Waals surface area (Å²) in [7, 11) is 0. The van der Waals surface area contributed by atoms with Gasteiger partial charge >= 0.3 is 5.97 Å². The predicted molar refractivity (Wildman–Crippen MR) is 220 cm³/mol. The van der Waals surface area contributed by atoms with Gasteiger partial charge in [0.2, 0.25) is 47.3 Å². The Hall–Kier alpha value is -6.37. The molecule has 0 aliphatic carbocycles. The van der Waals surface area contributed by atoms with Gasteiger partial charge in [0, 0.05) is 31.4 Å². The Morgan fingerprint density at radius 1 is 0.871 bits per heavy atom. The van der Waals surface area contributed by atoms with E-state index in [1.807, 2.05) is 0 Å². The van der Waals surface area contributed by atoms with E-state index >= 15 is 0 Å². The third-order valence-electron chi connectivity index (χ3n) is 9.65. The van der Waals surface area contributed by atoms with E-state index in [9.17, 15) is 53.4 Å². The summed E-state index contributed by atoms with van der Waals surface area (Å²) in [6.45, 7) is 5.59. The number of likely N-dealkylation sites (tertiary alicyclic amines) is 1. The molecular weight excluding hydrogens is 816 g/mol. The fourth-order valence-corrected chi connectivity index (χ4v) is 6.30. The number of nitrogens with zero attached hydrogens (tertiary/aromatic N) is 3. The molecule has 25 heteroatoms. The van der Waals surface area contributed by atoms with E-state index < -0.39 is 115 Å². The number of amides is 8. The molecule has 0 unspecified atom stereocenters. The molecule has 1 aliphatic heterocycles. The number of carbonyl (C=O) groups excluding carboxylic acids is 8. The smallest absolute Gasteiger partial charge is 0.326 e. The normalized spacial score (nSPS) is 16.5. The number of aliphatic hydroxyl groups excluding tert-OH is 1. The molecule has 25 nitrogen and oxygen atoms in total. The zero-order valence-electron chi connectivity index (χ0n) is 35.3. The number of nitrogens with one attached hydrogen (secondary N) is 7. The molecule has 1 aliphatic rings. The van der Waals surface area contributed by atoms with Crippen LogP contribution in [0.15, 0.2) is 17.5 Å². The number of carboxylic acid groups (broad SMARTS) is 1. The molecule has 0 bridgehead atoms. The molecule has 17 N–H and O–H groups in total. The van der Waals surface area contributed by atoms with Crippen molar-refractivity contribution in [1.29, 1.82) is 0 Å². The summed E-state index contributed by atoms with van der Waals surface area (Å²) in [6, 6.07) is -9.29. The number of aromatic nitrogens is 2. The number of imidazole rings is 1. The van der Waals surface area contributed by atoms with Crippen molar-refractivity contribution < 1.29 is 53.4 Å². The molecule has 1 aromatic rings. The van der Waals surface area contributed by atoms with Crippen molar-refractivity contribution in [3.8, 4) is 0 Å². The van der Waals surface area contributed by atoms with Crippen molar-refractivity contribution in [2.45, 2.75) is 115 Å². The van der Waals surface area contributed by atoms with Crippen LogP contribution < -0.4 is 54.8 Å². The molecule has 7 atom stereocenters. The quantitative estimate of drug-likeness (QED) is 0.0235. The molecule has 2 heterocycles. The minimum atomic E-state index is -1.71. The molecule has 0 aromatic carbocycles. The lowest BCUT2D eigenvalue weighted by Gasteiger charge is -2.29. The highest BCUT2D eigenvalue weighted by Crippen LogP contribution is 2.20. The van der Waals surface area contributed by atoms with Gasteiger partial charge in [-0.05, 0) is 43.9 Å². The fraction of sp³-hybridized carbons (Fsp3) is 0.649. The summed E-state index contributed by atoms with van der Waals surface area (Å²) < 4.78 is 0. The summed E-state index contributed by atoms with van der Waals surface area (Å²) >= 11 is 0. The van der Waals surface area contributed by atoms with Crippen molar-refractivity contribution in [1.82, 2.24) is 46.8 Å². The second-order valence-corrected chi connectivity index (χ2v) is 15.6. The maximum atomic E-state index is 13.8. The average Bonchev–Trinajstić information content (AvgIpc) is 3.91. The Bertz CT molecular complexity index is 1750. The van der Waals surface area contributed by atoms with E-state index in [2.05, 4.69) is 46.9 Å². The Balaban J connectivity index is 2.26. The summed E-state index contributed by atoms with van der Waals surface area (Å²) in [4.78, 5) is 129. The van der Waals surface area contributed by atoms with Crippen molar-refractivity contribution in [2.75, 3.05) is 26.2 Å². The molecule has 1 fully saturated rings. The number of carbonyl (C=O) groups is 9. The predicted octanol–water partition coefficient (Wildman–Crippen LogP) is -5.48. The first-order chi connectivity index (χ1) is 29.1. The van der Waals surface area contributed by atoms with Crippen LogP contribution in [0.25, 0.3) is 0 Å². The lowest BCUT2D eigenvalue weighted by Crippen LogP contribution is -2.60. The second-order valence-electron chi connectivity index (χ2n) is 15.6. The minimum Gasteiger partial charge on any atom is -0.480 e. The lowest BCUT2D eigenvalue weighted by atomic mass is 10.0. The van der Waals surface area contributed by atoms with Crippen LogP contribution in [0.2, 0.25) is 0 Å². The SMILES string of the molecule is CC(C)C[C@H](NC(=O)CNC(=O)[C@H](CC(N)=O)NC(=O)[C@H](CCCN=C(N)N)NC(=O)[C@H](CO)NC(=O)[C@H](Cc1cnc[nH]1)NC(=O)[C@@H]1CCCN1C(=O)[C@@H](N)C(C)C)C(=O)O. The lowest BCUT2D eigenvalue weighted by molar-refractivity contribution is -0.142. The third kappa shape index (κ3) is 17.3. The summed E-state index contributed by atoms with van der Waals surface area (Å²) in [5.74, 6) is -8.89. The van der Waals surface area contributed by atoms with Gasteiger partial charge in [0.1, 0.15) is 36.3 Å². The van der Waals surface area contributed by atoms with E-state index in [1.165, 1.54) is 17.4 Å². The molecule has 0 radical (unpaired) electrons. The standard InChI is InChI=1S/C37H62N14O11/c1-18(2)11-24(36(61)62)46-28(54)15-44-30(55)23(13-27(38)53)48-31(56)21(7-5-9-43-37(40)41)47-33(58)25(16-52)50-32(57)22(12-20-14-42-17-45-20)49-34(59)26-8-6-10-51(26)35(60)29(39)19(3)4/h14,17-19,21-26,29,52H,5-13,15-16,39H2,1-4H3,(H2,38,53)(H,42,45)(H,44,55)(H,46,54)(H,47,58)(H,48,56)(H,49,59)(H,50,57)(H,61,62)(H4,40,41,43)/t21-,22-,23-,24-,25-,26-,29-/m0/s1. The minimum absolute atomic E-state index is 0.0149. The number of guanidine groups is 1. The number of hydrogen-bond donors (Lipinski definition) is 13. The molecule has 62 heavy (non-hydrogen) atoms. The Morgan fingerprint density at radius 2 is 1.50 bits per heavy atom. The number of aliphatic imine (C=N–C) groups is 1. The topological polar surface area (TPSA) is 415 Å². The van der Waals surface area contributed by atoms with Gasteiger partial charge in [0.15, 0.2) is 5.96 Å². The van der Waals surface area contributed by atoms with Gasteiger partial charge in [0.05, 0.1) is 31.9 Å². The summed E-state index contributed by atoms with van der Waals surface area (Å²) in [5, 5.41) is 33.9. The monoisotopic (exact) mass is 878 g/mol. The van der Waals surface area contributed by atoms with Crippen LogP contribution in [0.3, 0.4) is 0 Å². The van der Waals surface area contributed by atoms with E-state index in [1.54, 1.807) is 27.7 Å². The first kappa shape index (κ1) is 51.8. The molecule has 0 spiro atoms. The molecule has 8 amide bonds. The molecule has 346 valence electrons. The summed E-state index contributed by atoms with van der Waals surface area (Å²) in [6.07, 6.45) is 2.65. The van der Waals surface area contributed by atoms with Crippen LogP contribution in [0, 0.1) is 11.8 Å². The number of carboxylic acids is 1. The third-order valence-corrected chi connectivity index (χ3v) is 9.65. The van der Waals surface area contributed by atoms with Crippen LogP contribution in [0.4, 0.5) is 0 Å². The number of aromatic amines is 1. The maximum absolute atomic E-state index is 13.8. The van der Waals surface area contributed by atoms with Crippen molar-refractivity contribution >= 4 is 59.2 Å². The number of nitrogens with two attached hydrogens (primary N) is 4. The zero-order valence-corrected chi connectivity index (χ0v) is 35.3. The number of aliphatic hydroxyl groups is 1. The summed E-state index contributed by atoms with van der Waals surface area (Å²) in [5.41, 5.74) is 22.6. The largest absolute Gasteiger partial charge is 0.480 e. The highest BCUT2D eigenvalue weighted by molar-refractivity contribution is 5.98. The van der Waals surface area contributed by atoms with Crippen molar-refractivity contribution in [2.24, 2.45) is 39.8 Å². The van der Waals surface area contributed by atoms with Gasteiger partial charge in [-0.15, -0.1) is 0 Å². The number of H-pyrrole nitrogens is 1. The van der Waals surface area contributed by atoms with Crippen molar-refractivity contribution in [3.63, 3.8) is 0 Å². The maximum Gasteiger partial charge on any atom is 0.326 e. The average molecular weight is 879 g/mol. The molecule has 1 saturated heterocycles. The highest BCUT2D eigenvalue weighted by Gasteiger charge is 2.39. The fourth-order valence-electron chi connectivity index (χ4n) is 6.30. The number of aliphatic carboxylic acids is 1. The Kier molecular flexibility index (Phi) is 21.2. The van der Waals surface area contributed by atoms with Crippen LogP contribution in [0.1, 0.15) is 71.9 Å². The number of rotatable bonds is 26.